The summed E-state index contributed by atoms with van der Waals surface area (Å²) in [7, 11) is 0. The molecule has 144 valence electrons. The zero-order valence-corrected chi connectivity index (χ0v) is 16.7. The Bertz CT molecular complexity index is 805. The molecular formula is C20H26N4O2S. The van der Waals surface area contributed by atoms with Crippen LogP contribution in [0.5, 0.6) is 0 Å². The molecule has 1 amide bonds. The molecule has 2 fully saturated rings. The fourth-order valence-electron chi connectivity index (χ4n) is 3.59. The second-order valence-electron chi connectivity index (χ2n) is 7.57. The topological polar surface area (TPSA) is 69.0 Å². The van der Waals surface area contributed by atoms with Gasteiger partial charge in [-0.15, -0.1) is 10.2 Å². The van der Waals surface area contributed by atoms with E-state index in [1.165, 1.54) is 24.6 Å². The molecule has 2 aromatic rings. The van der Waals surface area contributed by atoms with Gasteiger partial charge in [-0.2, -0.15) is 0 Å². The van der Waals surface area contributed by atoms with Gasteiger partial charge in [0.15, 0.2) is 5.16 Å². The maximum Gasteiger partial charge on any atom is 0.234 e. The molecule has 1 aliphatic heterocycles. The van der Waals surface area contributed by atoms with E-state index in [2.05, 4.69) is 26.1 Å². The number of rotatable bonds is 7. The van der Waals surface area contributed by atoms with Crippen LogP contribution in [0, 0.1) is 13.8 Å². The van der Waals surface area contributed by atoms with E-state index in [0.29, 0.717) is 11.7 Å². The van der Waals surface area contributed by atoms with Crippen LogP contribution >= 0.6 is 11.8 Å². The number of carbonyl (C=O) groups is 1. The molecule has 0 spiro atoms. The highest BCUT2D eigenvalue weighted by Crippen LogP contribution is 2.40. The summed E-state index contributed by atoms with van der Waals surface area (Å²) in [6.45, 7) is 5.70. The summed E-state index contributed by atoms with van der Waals surface area (Å²) in [5.41, 5.74) is 3.13. The molecule has 1 saturated heterocycles. The first-order valence-corrected chi connectivity index (χ1v) is 10.6. The first kappa shape index (κ1) is 18.5. The van der Waals surface area contributed by atoms with Crippen LogP contribution in [0.25, 0.3) is 0 Å². The average molecular weight is 387 g/mol. The van der Waals surface area contributed by atoms with Gasteiger partial charge in [0.25, 0.3) is 0 Å². The fourth-order valence-corrected chi connectivity index (χ4v) is 4.34. The van der Waals surface area contributed by atoms with Gasteiger partial charge in [0.05, 0.1) is 18.4 Å². The third-order valence-corrected chi connectivity index (χ3v) is 5.90. The monoisotopic (exact) mass is 386 g/mol. The number of hydrogen-bond acceptors (Lipinski definition) is 5. The van der Waals surface area contributed by atoms with Crippen LogP contribution in [-0.2, 0) is 16.1 Å². The quantitative estimate of drug-likeness (QED) is 0.735. The SMILES string of the molecule is Cc1cc(C)cc(NC(=O)CSc2nnc(C3CC3)n2C[C@@H]2CCCO2)c1. The highest BCUT2D eigenvalue weighted by atomic mass is 32.2. The van der Waals surface area contributed by atoms with E-state index < -0.39 is 0 Å². The van der Waals surface area contributed by atoms with Gasteiger partial charge in [0.2, 0.25) is 5.91 Å². The number of carbonyl (C=O) groups excluding carboxylic acids is 1. The van der Waals surface area contributed by atoms with Gasteiger partial charge >= 0.3 is 0 Å². The first-order chi connectivity index (χ1) is 13.1. The molecule has 4 rings (SSSR count). The third-order valence-electron chi connectivity index (χ3n) is 4.94. The van der Waals surface area contributed by atoms with Crippen LogP contribution in [0.1, 0.15) is 48.6 Å². The Balaban J connectivity index is 1.40. The Hall–Kier alpha value is -1.86. The Morgan fingerprint density at radius 1 is 1.22 bits per heavy atom. The molecule has 7 heteroatoms. The number of nitrogens with one attached hydrogen (secondary N) is 1. The van der Waals surface area contributed by atoms with Crippen molar-refractivity contribution in [3.05, 3.63) is 35.2 Å². The van der Waals surface area contributed by atoms with Crippen LogP contribution in [-0.4, -0.2) is 39.1 Å². The molecule has 1 saturated carbocycles. The van der Waals surface area contributed by atoms with Gasteiger partial charge in [-0.05, 0) is 62.8 Å². The van der Waals surface area contributed by atoms with Crippen LogP contribution < -0.4 is 5.32 Å². The number of thioether (sulfide) groups is 1. The Labute approximate surface area is 164 Å². The van der Waals surface area contributed by atoms with Gasteiger partial charge in [-0.1, -0.05) is 17.8 Å². The lowest BCUT2D eigenvalue weighted by molar-refractivity contribution is -0.113. The Morgan fingerprint density at radius 2 is 2.00 bits per heavy atom. The normalized spacial score (nSPS) is 19.4. The third kappa shape index (κ3) is 4.71. The largest absolute Gasteiger partial charge is 0.376 e. The average Bonchev–Trinajstić information content (AvgIpc) is 3.17. The highest BCUT2D eigenvalue weighted by Gasteiger charge is 2.32. The number of nitrogens with zero attached hydrogens (tertiary/aromatic N) is 3. The molecule has 1 atom stereocenters. The Kier molecular flexibility index (Phi) is 5.50. The van der Waals surface area contributed by atoms with Crippen LogP contribution in [0.4, 0.5) is 5.69 Å². The van der Waals surface area contributed by atoms with Gasteiger partial charge in [0.1, 0.15) is 5.82 Å². The molecule has 0 bridgehead atoms. The smallest absolute Gasteiger partial charge is 0.234 e. The number of aromatic nitrogens is 3. The van der Waals surface area contributed by atoms with Crippen LogP contribution in [0.15, 0.2) is 23.4 Å². The Morgan fingerprint density at radius 3 is 2.67 bits per heavy atom. The number of ether oxygens (including phenoxy) is 1. The molecule has 1 N–H and O–H groups in total. The molecule has 0 unspecified atom stereocenters. The van der Waals surface area contributed by atoms with Crippen molar-refractivity contribution in [2.75, 3.05) is 17.7 Å². The number of anilines is 1. The lowest BCUT2D eigenvalue weighted by Gasteiger charge is -2.14. The minimum absolute atomic E-state index is 0.0235. The first-order valence-electron chi connectivity index (χ1n) is 9.64. The summed E-state index contributed by atoms with van der Waals surface area (Å²) in [5, 5.41) is 12.6. The second kappa shape index (κ2) is 8.02. The van der Waals surface area contributed by atoms with E-state index in [1.807, 2.05) is 26.0 Å². The summed E-state index contributed by atoms with van der Waals surface area (Å²) in [6.07, 6.45) is 4.80. The second-order valence-corrected chi connectivity index (χ2v) is 8.52. The zero-order valence-electron chi connectivity index (χ0n) is 15.9. The molecule has 1 aromatic carbocycles. The lowest BCUT2D eigenvalue weighted by atomic mass is 10.1. The van der Waals surface area contributed by atoms with Gasteiger partial charge in [-0.25, -0.2) is 0 Å². The summed E-state index contributed by atoms with van der Waals surface area (Å²) in [6, 6.07) is 6.07. The van der Waals surface area contributed by atoms with Crippen molar-refractivity contribution in [2.45, 2.75) is 63.3 Å². The van der Waals surface area contributed by atoms with Crippen molar-refractivity contribution in [1.82, 2.24) is 14.8 Å². The number of hydrogen-bond donors (Lipinski definition) is 1. The predicted molar refractivity (Wildman–Crippen MR) is 106 cm³/mol. The lowest BCUT2D eigenvalue weighted by Crippen LogP contribution is -2.19. The molecule has 27 heavy (non-hydrogen) atoms. The van der Waals surface area contributed by atoms with Crippen molar-refractivity contribution >= 4 is 23.4 Å². The molecule has 0 radical (unpaired) electrons. The molecule has 6 nitrogen and oxygen atoms in total. The maximum atomic E-state index is 12.4. The minimum atomic E-state index is -0.0235. The van der Waals surface area contributed by atoms with E-state index >= 15 is 0 Å². The van der Waals surface area contributed by atoms with Gasteiger partial charge < -0.3 is 14.6 Å². The molecular weight excluding hydrogens is 360 g/mol. The van der Waals surface area contributed by atoms with Crippen molar-refractivity contribution < 1.29 is 9.53 Å². The van der Waals surface area contributed by atoms with Gasteiger partial charge in [0, 0.05) is 18.2 Å². The van der Waals surface area contributed by atoms with E-state index in [1.54, 1.807) is 0 Å². The van der Waals surface area contributed by atoms with Gasteiger partial charge in [-0.3, -0.25) is 4.79 Å². The summed E-state index contributed by atoms with van der Waals surface area (Å²) in [5.74, 6) is 1.88. The number of amides is 1. The summed E-state index contributed by atoms with van der Waals surface area (Å²) in [4.78, 5) is 12.4. The van der Waals surface area contributed by atoms with Crippen molar-refractivity contribution in [2.24, 2.45) is 0 Å². The van der Waals surface area contributed by atoms with Crippen molar-refractivity contribution in [3.8, 4) is 0 Å². The molecule has 1 aliphatic carbocycles. The standard InChI is InChI=1S/C20H26N4O2S/c1-13-8-14(2)10-16(9-13)21-18(25)12-27-20-23-22-19(15-5-6-15)24(20)11-17-4-3-7-26-17/h8-10,15,17H,3-7,11-12H2,1-2H3,(H,21,25)/t17-/m0/s1. The fraction of sp³-hybridized carbons (Fsp3) is 0.550. The summed E-state index contributed by atoms with van der Waals surface area (Å²) < 4.78 is 7.98. The molecule has 1 aromatic heterocycles. The van der Waals surface area contributed by atoms with Crippen LogP contribution in [0.2, 0.25) is 0 Å². The summed E-state index contributed by atoms with van der Waals surface area (Å²) >= 11 is 1.45. The van der Waals surface area contributed by atoms with E-state index in [-0.39, 0.29) is 12.0 Å². The zero-order chi connectivity index (χ0) is 18.8. The van der Waals surface area contributed by atoms with E-state index in [9.17, 15) is 4.79 Å². The van der Waals surface area contributed by atoms with Crippen molar-refractivity contribution in [1.29, 1.82) is 0 Å². The minimum Gasteiger partial charge on any atom is -0.376 e. The number of benzene rings is 1. The van der Waals surface area contributed by atoms with E-state index in [4.69, 9.17) is 4.74 Å². The molecule has 2 aliphatic rings. The maximum absolute atomic E-state index is 12.4. The van der Waals surface area contributed by atoms with Crippen LogP contribution in [0.3, 0.4) is 0 Å². The highest BCUT2D eigenvalue weighted by molar-refractivity contribution is 7.99. The van der Waals surface area contributed by atoms with Crippen molar-refractivity contribution in [3.63, 3.8) is 0 Å². The molecule has 2 heterocycles. The number of aryl methyl sites for hydroxylation is 2. The predicted octanol–water partition coefficient (Wildman–Crippen LogP) is 3.68. The van der Waals surface area contributed by atoms with E-state index in [0.717, 1.165) is 53.8 Å².